The molecule has 0 fully saturated rings. The molecule has 0 radical (unpaired) electrons. The van der Waals surface area contributed by atoms with Crippen LogP contribution in [0.1, 0.15) is 49.5 Å². The Labute approximate surface area is 149 Å². The van der Waals surface area contributed by atoms with Gasteiger partial charge >= 0.3 is 5.97 Å². The zero-order valence-corrected chi connectivity index (χ0v) is 15.7. The van der Waals surface area contributed by atoms with Crippen LogP contribution in [0.3, 0.4) is 0 Å². The summed E-state index contributed by atoms with van der Waals surface area (Å²) in [6.45, 7) is 8.40. The summed E-state index contributed by atoms with van der Waals surface area (Å²) < 4.78 is 10.2. The molecule has 1 aromatic rings. The summed E-state index contributed by atoms with van der Waals surface area (Å²) in [6.07, 6.45) is -0.612. The summed E-state index contributed by atoms with van der Waals surface area (Å²) in [4.78, 5) is 23.5. The molecule has 140 valence electrons. The van der Waals surface area contributed by atoms with Crippen molar-refractivity contribution in [1.82, 2.24) is 5.32 Å². The SMILES string of the molecule is COC(=O)CCC(=O)c1ccc(C)cc1OCC(O)CNC(C)(C)C. The summed E-state index contributed by atoms with van der Waals surface area (Å²) in [5.41, 5.74) is 1.26. The quantitative estimate of drug-likeness (QED) is 0.524. The molecule has 1 atom stereocenters. The Hall–Kier alpha value is -1.92. The Balaban J connectivity index is 2.70. The molecule has 0 bridgehead atoms. The predicted molar refractivity (Wildman–Crippen MR) is 96.0 cm³/mol. The molecule has 0 aliphatic carbocycles. The van der Waals surface area contributed by atoms with Crippen LogP contribution < -0.4 is 10.1 Å². The number of aliphatic hydroxyl groups is 1. The predicted octanol–water partition coefficient (Wildman–Crippen LogP) is 2.26. The number of carbonyl (C=O) groups is 2. The van der Waals surface area contributed by atoms with Crippen LogP contribution in [0, 0.1) is 6.92 Å². The van der Waals surface area contributed by atoms with E-state index < -0.39 is 12.1 Å². The average molecular weight is 351 g/mol. The average Bonchev–Trinajstić information content (AvgIpc) is 2.55. The van der Waals surface area contributed by atoms with Gasteiger partial charge in [-0.05, 0) is 45.4 Å². The first-order valence-corrected chi connectivity index (χ1v) is 8.39. The summed E-state index contributed by atoms with van der Waals surface area (Å²) in [7, 11) is 1.29. The fraction of sp³-hybridized carbons (Fsp3) is 0.579. The van der Waals surface area contributed by atoms with E-state index in [1.54, 1.807) is 12.1 Å². The molecule has 0 heterocycles. The summed E-state index contributed by atoms with van der Waals surface area (Å²) in [5, 5.41) is 13.2. The molecular formula is C19H29NO5. The highest BCUT2D eigenvalue weighted by atomic mass is 16.5. The number of aryl methyl sites for hydroxylation is 1. The molecule has 1 rings (SSSR count). The molecule has 1 unspecified atom stereocenters. The lowest BCUT2D eigenvalue weighted by molar-refractivity contribution is -0.140. The van der Waals surface area contributed by atoms with Gasteiger partial charge in [-0.15, -0.1) is 0 Å². The van der Waals surface area contributed by atoms with Crippen molar-refractivity contribution in [2.45, 2.75) is 52.2 Å². The van der Waals surface area contributed by atoms with Crippen molar-refractivity contribution in [2.24, 2.45) is 0 Å². The van der Waals surface area contributed by atoms with Gasteiger partial charge in [-0.25, -0.2) is 0 Å². The lowest BCUT2D eigenvalue weighted by Gasteiger charge is -2.23. The normalized spacial score (nSPS) is 12.6. The fourth-order valence-electron chi connectivity index (χ4n) is 2.10. The Morgan fingerprint density at radius 1 is 1.24 bits per heavy atom. The van der Waals surface area contributed by atoms with Gasteiger partial charge in [0.25, 0.3) is 0 Å². The van der Waals surface area contributed by atoms with Crippen LogP contribution in [-0.4, -0.2) is 48.8 Å². The smallest absolute Gasteiger partial charge is 0.305 e. The second-order valence-electron chi connectivity index (χ2n) is 7.09. The number of β-amino-alcohol motifs (C(OH)–C–C–N with tert-alkyl or cyclic N) is 1. The molecule has 6 heteroatoms. The lowest BCUT2D eigenvalue weighted by atomic mass is 10.0. The van der Waals surface area contributed by atoms with E-state index in [0.717, 1.165) is 5.56 Å². The van der Waals surface area contributed by atoms with E-state index in [1.165, 1.54) is 7.11 Å². The second-order valence-corrected chi connectivity index (χ2v) is 7.09. The number of aliphatic hydroxyl groups excluding tert-OH is 1. The number of carbonyl (C=O) groups excluding carboxylic acids is 2. The van der Waals surface area contributed by atoms with E-state index in [2.05, 4.69) is 10.1 Å². The van der Waals surface area contributed by atoms with E-state index in [9.17, 15) is 14.7 Å². The van der Waals surface area contributed by atoms with Gasteiger partial charge in [-0.3, -0.25) is 9.59 Å². The number of rotatable bonds is 9. The Morgan fingerprint density at radius 3 is 2.52 bits per heavy atom. The van der Waals surface area contributed by atoms with Crippen molar-refractivity contribution in [3.05, 3.63) is 29.3 Å². The summed E-state index contributed by atoms with van der Waals surface area (Å²) >= 11 is 0. The van der Waals surface area contributed by atoms with Crippen LogP contribution in [0.4, 0.5) is 0 Å². The first kappa shape index (κ1) is 21.1. The maximum Gasteiger partial charge on any atom is 0.305 e. The maximum atomic E-state index is 12.3. The third-order valence-corrected chi connectivity index (χ3v) is 3.52. The third kappa shape index (κ3) is 8.14. The molecule has 0 saturated carbocycles. The molecule has 0 amide bonds. The van der Waals surface area contributed by atoms with Crippen molar-refractivity contribution in [3.63, 3.8) is 0 Å². The van der Waals surface area contributed by atoms with Crippen molar-refractivity contribution in [1.29, 1.82) is 0 Å². The van der Waals surface area contributed by atoms with E-state index in [0.29, 0.717) is 17.9 Å². The number of hydrogen-bond acceptors (Lipinski definition) is 6. The maximum absolute atomic E-state index is 12.3. The molecule has 0 aromatic heterocycles. The largest absolute Gasteiger partial charge is 0.490 e. The highest BCUT2D eigenvalue weighted by Crippen LogP contribution is 2.23. The molecule has 0 spiro atoms. The van der Waals surface area contributed by atoms with Crippen LogP contribution in [0.2, 0.25) is 0 Å². The molecule has 0 aliphatic heterocycles. The van der Waals surface area contributed by atoms with Gasteiger partial charge in [-0.2, -0.15) is 0 Å². The highest BCUT2D eigenvalue weighted by molar-refractivity contribution is 6.00. The molecule has 25 heavy (non-hydrogen) atoms. The lowest BCUT2D eigenvalue weighted by Crippen LogP contribution is -2.42. The van der Waals surface area contributed by atoms with Crippen molar-refractivity contribution in [3.8, 4) is 5.75 Å². The van der Waals surface area contributed by atoms with Crippen LogP contribution in [0.25, 0.3) is 0 Å². The zero-order chi connectivity index (χ0) is 19.0. The Bertz CT molecular complexity index is 592. The molecule has 0 aliphatic rings. The first-order valence-electron chi connectivity index (χ1n) is 8.39. The van der Waals surface area contributed by atoms with Gasteiger partial charge in [0.2, 0.25) is 0 Å². The number of esters is 1. The van der Waals surface area contributed by atoms with E-state index in [4.69, 9.17) is 4.74 Å². The van der Waals surface area contributed by atoms with E-state index in [1.807, 2.05) is 33.8 Å². The van der Waals surface area contributed by atoms with Gasteiger partial charge in [-0.1, -0.05) is 6.07 Å². The Kier molecular flexibility index (Phi) is 8.06. The molecular weight excluding hydrogens is 322 g/mol. The number of ether oxygens (including phenoxy) is 2. The van der Waals surface area contributed by atoms with Crippen LogP contribution >= 0.6 is 0 Å². The topological polar surface area (TPSA) is 84.9 Å². The summed E-state index contributed by atoms with van der Waals surface area (Å²) in [6, 6.07) is 5.26. The second kappa shape index (κ2) is 9.53. The molecule has 0 saturated heterocycles. The van der Waals surface area contributed by atoms with Gasteiger partial charge in [0.05, 0.1) is 19.1 Å². The minimum Gasteiger partial charge on any atom is -0.490 e. The number of hydrogen-bond donors (Lipinski definition) is 2. The molecule has 6 nitrogen and oxygen atoms in total. The van der Waals surface area contributed by atoms with Gasteiger partial charge in [0, 0.05) is 18.5 Å². The van der Waals surface area contributed by atoms with Gasteiger partial charge < -0.3 is 19.9 Å². The number of nitrogens with one attached hydrogen (secondary N) is 1. The summed E-state index contributed by atoms with van der Waals surface area (Å²) in [5.74, 6) is -0.195. The van der Waals surface area contributed by atoms with Gasteiger partial charge in [0.15, 0.2) is 5.78 Å². The molecule has 1 aromatic carbocycles. The number of ketones is 1. The van der Waals surface area contributed by atoms with Crippen LogP contribution in [-0.2, 0) is 9.53 Å². The third-order valence-electron chi connectivity index (χ3n) is 3.52. The minimum atomic E-state index is -0.697. The Morgan fingerprint density at radius 2 is 1.92 bits per heavy atom. The van der Waals surface area contributed by atoms with Crippen LogP contribution in [0.15, 0.2) is 18.2 Å². The van der Waals surface area contributed by atoms with Crippen molar-refractivity contribution in [2.75, 3.05) is 20.3 Å². The number of methoxy groups -OCH3 is 1. The fourth-order valence-corrected chi connectivity index (χ4v) is 2.10. The van der Waals surface area contributed by atoms with E-state index >= 15 is 0 Å². The highest BCUT2D eigenvalue weighted by Gasteiger charge is 2.17. The molecule has 2 N–H and O–H groups in total. The zero-order valence-electron chi connectivity index (χ0n) is 15.7. The minimum absolute atomic E-state index is 0.0285. The van der Waals surface area contributed by atoms with Crippen LogP contribution in [0.5, 0.6) is 5.75 Å². The van der Waals surface area contributed by atoms with E-state index in [-0.39, 0.29) is 30.8 Å². The first-order chi connectivity index (χ1) is 11.6. The van der Waals surface area contributed by atoms with Crippen molar-refractivity contribution < 1.29 is 24.2 Å². The standard InChI is InChI=1S/C19H29NO5/c1-13-6-7-15(16(22)8-9-18(23)24-5)17(10-13)25-12-14(21)11-20-19(2,3)4/h6-7,10,14,20-21H,8-9,11-12H2,1-5H3. The van der Waals surface area contributed by atoms with Crippen molar-refractivity contribution >= 4 is 11.8 Å². The van der Waals surface area contributed by atoms with Gasteiger partial charge in [0.1, 0.15) is 18.5 Å². The monoisotopic (exact) mass is 351 g/mol. The number of benzene rings is 1. The number of Topliss-reactive ketones (excluding diaryl/α,β-unsaturated/α-hetero) is 1.